The highest BCUT2D eigenvalue weighted by Crippen LogP contribution is 2.16. The Morgan fingerprint density at radius 2 is 1.90 bits per heavy atom. The summed E-state index contributed by atoms with van der Waals surface area (Å²) < 4.78 is 5.33. The first-order valence-corrected chi connectivity index (χ1v) is 6.37. The van der Waals surface area contributed by atoms with Gasteiger partial charge in [0.25, 0.3) is 5.91 Å². The van der Waals surface area contributed by atoms with Crippen molar-refractivity contribution in [1.82, 2.24) is 0 Å². The van der Waals surface area contributed by atoms with Crippen LogP contribution in [0.15, 0.2) is 48.5 Å². The molecule has 0 bridgehead atoms. The van der Waals surface area contributed by atoms with Gasteiger partial charge in [0, 0.05) is 17.3 Å². The molecule has 0 spiro atoms. The van der Waals surface area contributed by atoms with E-state index in [0.29, 0.717) is 17.0 Å². The lowest BCUT2D eigenvalue weighted by molar-refractivity contribution is -0.118. The summed E-state index contributed by atoms with van der Waals surface area (Å²) in [5.74, 6) is 0.107. The Morgan fingerprint density at radius 1 is 1.14 bits per heavy atom. The van der Waals surface area contributed by atoms with Crippen LogP contribution in [0.2, 0.25) is 0 Å². The standard InChI is InChI=1S/C16H15NO4/c1-11(18)12-4-2-7-15(8-12)21-10-16(20)17-13-5-3-6-14(19)9-13/h2-9,19H,10H2,1H3,(H,17,20). The van der Waals surface area contributed by atoms with Gasteiger partial charge in [0.05, 0.1) is 0 Å². The number of rotatable bonds is 5. The van der Waals surface area contributed by atoms with Crippen LogP contribution in [0, 0.1) is 0 Å². The third kappa shape index (κ3) is 4.35. The van der Waals surface area contributed by atoms with Crippen molar-refractivity contribution in [1.29, 1.82) is 0 Å². The zero-order valence-corrected chi connectivity index (χ0v) is 11.5. The van der Waals surface area contributed by atoms with Crippen LogP contribution in [0.1, 0.15) is 17.3 Å². The van der Waals surface area contributed by atoms with Crippen molar-refractivity contribution >= 4 is 17.4 Å². The maximum Gasteiger partial charge on any atom is 0.262 e. The summed E-state index contributed by atoms with van der Waals surface area (Å²) in [5.41, 5.74) is 1.02. The number of hydrogen-bond acceptors (Lipinski definition) is 4. The van der Waals surface area contributed by atoms with Gasteiger partial charge in [-0.15, -0.1) is 0 Å². The monoisotopic (exact) mass is 285 g/mol. The fourth-order valence-corrected chi connectivity index (χ4v) is 1.73. The van der Waals surface area contributed by atoms with E-state index < -0.39 is 0 Å². The second-order valence-electron chi connectivity index (χ2n) is 4.47. The summed E-state index contributed by atoms with van der Waals surface area (Å²) in [6.07, 6.45) is 0. The van der Waals surface area contributed by atoms with Crippen LogP contribution in [0.3, 0.4) is 0 Å². The zero-order chi connectivity index (χ0) is 15.2. The van der Waals surface area contributed by atoms with Crippen molar-refractivity contribution in [2.24, 2.45) is 0 Å². The number of hydrogen-bond donors (Lipinski definition) is 2. The van der Waals surface area contributed by atoms with Crippen molar-refractivity contribution in [3.05, 3.63) is 54.1 Å². The Bertz CT molecular complexity index is 667. The summed E-state index contributed by atoms with van der Waals surface area (Å²) in [6, 6.07) is 12.9. The van der Waals surface area contributed by atoms with E-state index in [9.17, 15) is 14.7 Å². The molecule has 0 unspecified atom stereocenters. The van der Waals surface area contributed by atoms with E-state index in [1.165, 1.54) is 19.1 Å². The van der Waals surface area contributed by atoms with Gasteiger partial charge >= 0.3 is 0 Å². The number of amides is 1. The van der Waals surface area contributed by atoms with Gasteiger partial charge in [0.1, 0.15) is 11.5 Å². The van der Waals surface area contributed by atoms with Crippen LogP contribution >= 0.6 is 0 Å². The quantitative estimate of drug-likeness (QED) is 0.828. The maximum absolute atomic E-state index is 11.7. The van der Waals surface area contributed by atoms with Crippen LogP contribution < -0.4 is 10.1 Å². The number of nitrogens with one attached hydrogen (secondary N) is 1. The van der Waals surface area contributed by atoms with Crippen molar-refractivity contribution < 1.29 is 19.4 Å². The van der Waals surface area contributed by atoms with Gasteiger partial charge in [0.2, 0.25) is 0 Å². The molecule has 2 N–H and O–H groups in total. The Labute approximate surface area is 122 Å². The number of aromatic hydroxyl groups is 1. The fourth-order valence-electron chi connectivity index (χ4n) is 1.73. The Balaban J connectivity index is 1.92. The predicted molar refractivity (Wildman–Crippen MR) is 78.7 cm³/mol. The molecule has 0 saturated carbocycles. The van der Waals surface area contributed by atoms with Crippen LogP contribution in [0.25, 0.3) is 0 Å². The minimum atomic E-state index is -0.353. The molecule has 0 atom stereocenters. The van der Waals surface area contributed by atoms with E-state index in [-0.39, 0.29) is 24.0 Å². The molecule has 108 valence electrons. The second kappa shape index (κ2) is 6.56. The third-order valence-corrected chi connectivity index (χ3v) is 2.74. The zero-order valence-electron chi connectivity index (χ0n) is 11.5. The van der Waals surface area contributed by atoms with Crippen LogP contribution in [0.5, 0.6) is 11.5 Å². The maximum atomic E-state index is 11.7. The first-order valence-electron chi connectivity index (χ1n) is 6.37. The van der Waals surface area contributed by atoms with Gasteiger partial charge in [-0.1, -0.05) is 18.2 Å². The lowest BCUT2D eigenvalue weighted by Gasteiger charge is -2.08. The van der Waals surface area contributed by atoms with Crippen LogP contribution in [0.4, 0.5) is 5.69 Å². The van der Waals surface area contributed by atoms with Gasteiger partial charge in [-0.05, 0) is 31.2 Å². The number of benzene rings is 2. The largest absolute Gasteiger partial charge is 0.508 e. The molecule has 5 nitrogen and oxygen atoms in total. The smallest absolute Gasteiger partial charge is 0.262 e. The molecule has 5 heteroatoms. The number of carbonyl (C=O) groups excluding carboxylic acids is 2. The molecule has 0 aromatic heterocycles. The number of carbonyl (C=O) groups is 2. The minimum absolute atomic E-state index is 0.0651. The van der Waals surface area contributed by atoms with Gasteiger partial charge in [-0.25, -0.2) is 0 Å². The molecule has 0 aliphatic rings. The molecular weight excluding hydrogens is 270 g/mol. The summed E-state index contributed by atoms with van der Waals surface area (Å²) in [5, 5.41) is 11.9. The normalized spacial score (nSPS) is 9.95. The number of ketones is 1. The van der Waals surface area contributed by atoms with E-state index in [1.807, 2.05) is 0 Å². The van der Waals surface area contributed by atoms with Crippen LogP contribution in [-0.2, 0) is 4.79 Å². The molecule has 0 radical (unpaired) electrons. The molecule has 0 heterocycles. The average molecular weight is 285 g/mol. The number of phenolic OH excluding ortho intramolecular Hbond substituents is 1. The molecule has 0 aliphatic heterocycles. The van der Waals surface area contributed by atoms with E-state index in [2.05, 4.69) is 5.32 Å². The van der Waals surface area contributed by atoms with Gasteiger partial charge < -0.3 is 15.2 Å². The second-order valence-corrected chi connectivity index (χ2v) is 4.47. The Morgan fingerprint density at radius 3 is 2.62 bits per heavy atom. The average Bonchev–Trinajstić information content (AvgIpc) is 2.45. The Kier molecular flexibility index (Phi) is 4.56. The highest BCUT2D eigenvalue weighted by Gasteiger charge is 2.06. The lowest BCUT2D eigenvalue weighted by atomic mass is 10.1. The molecule has 0 saturated heterocycles. The van der Waals surface area contributed by atoms with Crippen LogP contribution in [-0.4, -0.2) is 23.4 Å². The number of anilines is 1. The SMILES string of the molecule is CC(=O)c1cccc(OCC(=O)Nc2cccc(O)c2)c1. The van der Waals surface area contributed by atoms with E-state index in [4.69, 9.17) is 4.74 Å². The molecule has 21 heavy (non-hydrogen) atoms. The summed E-state index contributed by atoms with van der Waals surface area (Å²) >= 11 is 0. The molecular formula is C16H15NO4. The van der Waals surface area contributed by atoms with Gasteiger partial charge in [-0.3, -0.25) is 9.59 Å². The summed E-state index contributed by atoms with van der Waals surface area (Å²) in [7, 11) is 0. The van der Waals surface area contributed by atoms with Crippen molar-refractivity contribution in [2.75, 3.05) is 11.9 Å². The highest BCUT2D eigenvalue weighted by atomic mass is 16.5. The lowest BCUT2D eigenvalue weighted by Crippen LogP contribution is -2.20. The van der Waals surface area contributed by atoms with E-state index >= 15 is 0 Å². The molecule has 1 amide bonds. The van der Waals surface area contributed by atoms with Gasteiger partial charge in [-0.2, -0.15) is 0 Å². The topological polar surface area (TPSA) is 75.6 Å². The fraction of sp³-hybridized carbons (Fsp3) is 0.125. The van der Waals surface area contributed by atoms with Crippen molar-refractivity contribution in [3.8, 4) is 11.5 Å². The van der Waals surface area contributed by atoms with Gasteiger partial charge in [0.15, 0.2) is 12.4 Å². The van der Waals surface area contributed by atoms with E-state index in [1.54, 1.807) is 36.4 Å². The molecule has 2 aromatic rings. The third-order valence-electron chi connectivity index (χ3n) is 2.74. The van der Waals surface area contributed by atoms with Crippen molar-refractivity contribution in [2.45, 2.75) is 6.92 Å². The first kappa shape index (κ1) is 14.6. The Hall–Kier alpha value is -2.82. The number of phenols is 1. The van der Waals surface area contributed by atoms with E-state index in [0.717, 1.165) is 0 Å². The highest BCUT2D eigenvalue weighted by molar-refractivity contribution is 5.94. The minimum Gasteiger partial charge on any atom is -0.508 e. The number of ether oxygens (including phenoxy) is 1. The molecule has 2 rings (SSSR count). The number of Topliss-reactive ketones (excluding diaryl/α,β-unsaturated/α-hetero) is 1. The molecule has 0 aliphatic carbocycles. The molecule has 2 aromatic carbocycles. The summed E-state index contributed by atoms with van der Waals surface area (Å²) in [6.45, 7) is 1.28. The summed E-state index contributed by atoms with van der Waals surface area (Å²) in [4.78, 5) is 23.0. The molecule has 0 fully saturated rings. The predicted octanol–water partition coefficient (Wildman–Crippen LogP) is 2.61. The van der Waals surface area contributed by atoms with Crippen molar-refractivity contribution in [3.63, 3.8) is 0 Å². The first-order chi connectivity index (χ1) is 10.0.